The van der Waals surface area contributed by atoms with Gasteiger partial charge in [0.2, 0.25) is 0 Å². The van der Waals surface area contributed by atoms with Crippen LogP contribution in [0, 0.1) is 0 Å². The van der Waals surface area contributed by atoms with Crippen molar-refractivity contribution >= 4 is 40.1 Å². The summed E-state index contributed by atoms with van der Waals surface area (Å²) in [6.07, 6.45) is 0.399. The Kier molecular flexibility index (Phi) is 6.55. The van der Waals surface area contributed by atoms with Gasteiger partial charge in [0.1, 0.15) is 5.60 Å². The van der Waals surface area contributed by atoms with Crippen LogP contribution in [-0.4, -0.2) is 30.3 Å². The van der Waals surface area contributed by atoms with Crippen LogP contribution in [0.1, 0.15) is 31.1 Å². The quantitative estimate of drug-likeness (QED) is 0.492. The minimum atomic E-state index is -0.494. The van der Waals surface area contributed by atoms with E-state index in [1.807, 2.05) is 39.0 Å². The number of thioether (sulfide) groups is 1. The molecule has 6 heteroatoms. The first-order valence-corrected chi connectivity index (χ1v) is 7.94. The molecule has 1 rings (SSSR count). The highest BCUT2D eigenvalue weighted by Gasteiger charge is 2.15. The molecule has 0 unspecified atom stereocenters. The molecule has 0 bridgehead atoms. The number of aldehydes is 1. The van der Waals surface area contributed by atoms with Gasteiger partial charge in [0.15, 0.2) is 6.29 Å². The maximum Gasteiger partial charge on any atom is 0.407 e. The van der Waals surface area contributed by atoms with E-state index in [1.54, 1.807) is 0 Å². The Bertz CT molecular complexity index is 486. The fourth-order valence-corrected chi connectivity index (χ4v) is 2.89. The van der Waals surface area contributed by atoms with Gasteiger partial charge in [-0.25, -0.2) is 4.79 Å². The van der Waals surface area contributed by atoms with Gasteiger partial charge >= 0.3 is 6.09 Å². The van der Waals surface area contributed by atoms with E-state index in [0.29, 0.717) is 17.9 Å². The number of hydrogen-bond acceptors (Lipinski definition) is 4. The maximum absolute atomic E-state index is 11.4. The van der Waals surface area contributed by atoms with Crippen LogP contribution in [-0.2, 0) is 4.74 Å². The summed E-state index contributed by atoms with van der Waals surface area (Å²) in [5, 5.41) is 2.68. The van der Waals surface area contributed by atoms with Crippen molar-refractivity contribution in [2.24, 2.45) is 0 Å². The van der Waals surface area contributed by atoms with Crippen LogP contribution in [0.5, 0.6) is 0 Å². The average molecular weight is 360 g/mol. The van der Waals surface area contributed by atoms with E-state index in [9.17, 15) is 9.59 Å². The van der Waals surface area contributed by atoms with Gasteiger partial charge < -0.3 is 10.1 Å². The molecular formula is C14H18BrNO3S. The lowest BCUT2D eigenvalue weighted by Gasteiger charge is -2.19. The molecule has 1 aromatic rings. The van der Waals surface area contributed by atoms with Gasteiger partial charge in [-0.1, -0.05) is 22.0 Å². The number of benzene rings is 1. The van der Waals surface area contributed by atoms with Crippen molar-refractivity contribution in [3.63, 3.8) is 0 Å². The Balaban J connectivity index is 2.40. The van der Waals surface area contributed by atoms with Crippen LogP contribution in [0.4, 0.5) is 4.79 Å². The van der Waals surface area contributed by atoms with Crippen LogP contribution in [0.3, 0.4) is 0 Å². The molecule has 1 amide bonds. The van der Waals surface area contributed by atoms with E-state index in [1.165, 1.54) is 11.8 Å². The highest BCUT2D eigenvalue weighted by Crippen LogP contribution is 2.27. The van der Waals surface area contributed by atoms with Crippen LogP contribution >= 0.6 is 27.7 Å². The lowest BCUT2D eigenvalue weighted by Crippen LogP contribution is -2.33. The molecule has 0 saturated heterocycles. The zero-order valence-corrected chi connectivity index (χ0v) is 14.1. The number of halogens is 1. The third kappa shape index (κ3) is 5.96. The predicted octanol–water partition coefficient (Wildman–Crippen LogP) is 3.88. The van der Waals surface area contributed by atoms with Gasteiger partial charge in [-0.15, -0.1) is 11.8 Å². The zero-order valence-electron chi connectivity index (χ0n) is 11.7. The van der Waals surface area contributed by atoms with E-state index in [2.05, 4.69) is 21.2 Å². The fraction of sp³-hybridized carbons (Fsp3) is 0.429. The van der Waals surface area contributed by atoms with Crippen molar-refractivity contribution in [1.29, 1.82) is 0 Å². The predicted molar refractivity (Wildman–Crippen MR) is 84.5 cm³/mol. The molecule has 1 aromatic carbocycles. The van der Waals surface area contributed by atoms with E-state index >= 15 is 0 Å². The molecule has 0 aromatic heterocycles. The van der Waals surface area contributed by atoms with E-state index < -0.39 is 11.7 Å². The second kappa shape index (κ2) is 7.69. The molecule has 0 radical (unpaired) electrons. The molecule has 4 nitrogen and oxygen atoms in total. The number of amides is 1. The molecule has 0 aliphatic heterocycles. The molecule has 0 aliphatic rings. The monoisotopic (exact) mass is 359 g/mol. The van der Waals surface area contributed by atoms with Gasteiger partial charge in [-0.05, 0) is 32.9 Å². The summed E-state index contributed by atoms with van der Waals surface area (Å²) in [6, 6.07) is 5.58. The molecule has 0 heterocycles. The van der Waals surface area contributed by atoms with E-state index in [0.717, 1.165) is 15.7 Å². The number of ether oxygens (including phenoxy) is 1. The highest BCUT2D eigenvalue weighted by molar-refractivity contribution is 9.10. The van der Waals surface area contributed by atoms with Gasteiger partial charge in [-0.3, -0.25) is 4.79 Å². The minimum absolute atomic E-state index is 0.428. The first-order chi connectivity index (χ1) is 9.33. The Morgan fingerprint density at radius 2 is 2.15 bits per heavy atom. The van der Waals surface area contributed by atoms with Gasteiger partial charge in [0.05, 0.1) is 0 Å². The molecule has 110 valence electrons. The lowest BCUT2D eigenvalue weighted by atomic mass is 10.2. The van der Waals surface area contributed by atoms with Gasteiger partial charge in [-0.2, -0.15) is 0 Å². The van der Waals surface area contributed by atoms with Gasteiger partial charge in [0.25, 0.3) is 0 Å². The molecule has 0 atom stereocenters. The van der Waals surface area contributed by atoms with E-state index in [-0.39, 0.29) is 0 Å². The standard InChI is InChI=1S/C14H18BrNO3S/c1-14(2,3)19-13(18)16-7-8-20-12-6-4-5-11(15)10(12)9-17/h4-6,9H,7-8H2,1-3H3,(H,16,18). The summed E-state index contributed by atoms with van der Waals surface area (Å²) in [4.78, 5) is 23.3. The summed E-state index contributed by atoms with van der Waals surface area (Å²) in [5.74, 6) is 0.663. The number of hydrogen-bond donors (Lipinski definition) is 1. The summed E-state index contributed by atoms with van der Waals surface area (Å²) < 4.78 is 5.91. The van der Waals surface area contributed by atoms with Crippen LogP contribution < -0.4 is 5.32 Å². The zero-order chi connectivity index (χ0) is 15.2. The summed E-state index contributed by atoms with van der Waals surface area (Å²) in [5.41, 5.74) is 0.140. The number of nitrogens with one attached hydrogen (secondary N) is 1. The summed E-state index contributed by atoms with van der Waals surface area (Å²) in [6.45, 7) is 5.93. The SMILES string of the molecule is CC(C)(C)OC(=O)NCCSc1cccc(Br)c1C=O. The molecule has 0 spiro atoms. The van der Waals surface area contributed by atoms with E-state index in [4.69, 9.17) is 4.74 Å². The molecule has 0 aliphatic carbocycles. The molecule has 0 fully saturated rings. The Morgan fingerprint density at radius 3 is 2.75 bits per heavy atom. The van der Waals surface area contributed by atoms with Crippen LogP contribution in [0.15, 0.2) is 27.6 Å². The Morgan fingerprint density at radius 1 is 1.45 bits per heavy atom. The number of carbonyl (C=O) groups is 2. The highest BCUT2D eigenvalue weighted by atomic mass is 79.9. The molecule has 1 N–H and O–H groups in total. The summed E-state index contributed by atoms with van der Waals surface area (Å²) in [7, 11) is 0. The molecule has 20 heavy (non-hydrogen) atoms. The number of alkyl carbamates (subject to hydrolysis) is 1. The second-order valence-corrected chi connectivity index (χ2v) is 7.04. The van der Waals surface area contributed by atoms with Crippen molar-refractivity contribution in [3.05, 3.63) is 28.2 Å². The third-order valence-electron chi connectivity index (χ3n) is 2.16. The summed E-state index contributed by atoms with van der Waals surface area (Å²) >= 11 is 4.85. The number of rotatable bonds is 5. The van der Waals surface area contributed by atoms with Crippen molar-refractivity contribution in [1.82, 2.24) is 5.32 Å². The Hall–Kier alpha value is -1.01. The lowest BCUT2D eigenvalue weighted by molar-refractivity contribution is 0.0531. The van der Waals surface area contributed by atoms with Crippen molar-refractivity contribution < 1.29 is 14.3 Å². The largest absolute Gasteiger partial charge is 0.444 e. The maximum atomic E-state index is 11.4. The average Bonchev–Trinajstić information content (AvgIpc) is 2.32. The normalized spacial score (nSPS) is 11.0. The second-order valence-electron chi connectivity index (χ2n) is 5.05. The smallest absolute Gasteiger partial charge is 0.407 e. The van der Waals surface area contributed by atoms with Crippen molar-refractivity contribution in [2.75, 3.05) is 12.3 Å². The van der Waals surface area contributed by atoms with Crippen molar-refractivity contribution in [2.45, 2.75) is 31.3 Å². The Labute approximate surface area is 131 Å². The first kappa shape index (κ1) is 17.0. The topological polar surface area (TPSA) is 55.4 Å². The minimum Gasteiger partial charge on any atom is -0.444 e. The van der Waals surface area contributed by atoms with Crippen LogP contribution in [0.25, 0.3) is 0 Å². The first-order valence-electron chi connectivity index (χ1n) is 6.17. The van der Waals surface area contributed by atoms with Gasteiger partial charge in [0, 0.05) is 27.2 Å². The van der Waals surface area contributed by atoms with Crippen molar-refractivity contribution in [3.8, 4) is 0 Å². The molecule has 0 saturated carbocycles. The fourth-order valence-electron chi connectivity index (χ4n) is 1.39. The third-order valence-corrected chi connectivity index (χ3v) is 3.93. The van der Waals surface area contributed by atoms with Crippen LogP contribution in [0.2, 0.25) is 0 Å². The molecular weight excluding hydrogens is 342 g/mol. The number of carbonyl (C=O) groups excluding carboxylic acids is 2.